The molecule has 0 fully saturated rings. The lowest BCUT2D eigenvalue weighted by Gasteiger charge is -2.11. The first-order chi connectivity index (χ1) is 10.5. The van der Waals surface area contributed by atoms with Gasteiger partial charge in [0.15, 0.2) is 0 Å². The maximum atomic E-state index is 12.2. The van der Waals surface area contributed by atoms with Gasteiger partial charge in [0.25, 0.3) is 0 Å². The monoisotopic (exact) mass is 363 g/mol. The van der Waals surface area contributed by atoms with E-state index in [0.29, 0.717) is 11.5 Å². The summed E-state index contributed by atoms with van der Waals surface area (Å²) < 4.78 is 11.5. The number of halogens is 1. The van der Waals surface area contributed by atoms with Gasteiger partial charge < -0.3 is 14.8 Å². The molecule has 0 aliphatic rings. The van der Waals surface area contributed by atoms with Gasteiger partial charge in [0, 0.05) is 21.8 Å². The maximum Gasteiger partial charge on any atom is 0.228 e. The number of benzene rings is 2. The Morgan fingerprint density at radius 1 is 1.14 bits per heavy atom. The first-order valence-electron chi connectivity index (χ1n) is 6.80. The van der Waals surface area contributed by atoms with Gasteiger partial charge in [0.05, 0.1) is 20.6 Å². The molecule has 0 unspecified atom stereocenters. The number of hydrogen-bond donors (Lipinski definition) is 1. The quantitative estimate of drug-likeness (QED) is 0.874. The molecule has 0 heterocycles. The molecule has 2 aromatic rings. The summed E-state index contributed by atoms with van der Waals surface area (Å²) in [5, 5.41) is 2.89. The molecule has 1 N–H and O–H groups in total. The maximum absolute atomic E-state index is 12.2. The Hall–Kier alpha value is -2.01. The van der Waals surface area contributed by atoms with E-state index in [0.717, 1.165) is 21.3 Å². The van der Waals surface area contributed by atoms with E-state index in [9.17, 15) is 4.79 Å². The van der Waals surface area contributed by atoms with Crippen molar-refractivity contribution in [3.05, 3.63) is 52.0 Å². The van der Waals surface area contributed by atoms with Crippen molar-refractivity contribution >= 4 is 27.5 Å². The van der Waals surface area contributed by atoms with E-state index in [1.807, 2.05) is 37.3 Å². The fourth-order valence-corrected chi connectivity index (χ4v) is 2.35. The van der Waals surface area contributed by atoms with Crippen LogP contribution in [-0.2, 0) is 11.2 Å². The van der Waals surface area contributed by atoms with Gasteiger partial charge in [0.1, 0.15) is 11.5 Å². The van der Waals surface area contributed by atoms with Crippen LogP contribution >= 0.6 is 15.9 Å². The van der Waals surface area contributed by atoms with E-state index in [1.165, 1.54) is 0 Å². The minimum absolute atomic E-state index is 0.0924. The molecule has 2 rings (SSSR count). The predicted molar refractivity (Wildman–Crippen MR) is 90.8 cm³/mol. The van der Waals surface area contributed by atoms with Crippen molar-refractivity contribution in [3.8, 4) is 11.5 Å². The number of hydrogen-bond acceptors (Lipinski definition) is 3. The highest BCUT2D eigenvalue weighted by atomic mass is 79.9. The van der Waals surface area contributed by atoms with Gasteiger partial charge in [-0.05, 0) is 36.8 Å². The zero-order valence-corrected chi connectivity index (χ0v) is 14.4. The summed E-state index contributed by atoms with van der Waals surface area (Å²) in [6, 6.07) is 11.1. The van der Waals surface area contributed by atoms with Crippen LogP contribution in [0.4, 0.5) is 5.69 Å². The van der Waals surface area contributed by atoms with E-state index >= 15 is 0 Å². The normalized spacial score (nSPS) is 10.2. The standard InChI is InChI=1S/C17H18BrNO3/c1-11-8-13(5-7-15(11)18)19-17(20)9-12-4-6-14(21-2)10-16(12)22-3/h4-8,10H,9H2,1-3H3,(H,19,20). The smallest absolute Gasteiger partial charge is 0.228 e. The zero-order chi connectivity index (χ0) is 16.1. The lowest BCUT2D eigenvalue weighted by Crippen LogP contribution is -2.15. The Morgan fingerprint density at radius 2 is 1.91 bits per heavy atom. The van der Waals surface area contributed by atoms with Crippen LogP contribution in [0.25, 0.3) is 0 Å². The lowest BCUT2D eigenvalue weighted by molar-refractivity contribution is -0.115. The van der Waals surface area contributed by atoms with Crippen LogP contribution in [0.1, 0.15) is 11.1 Å². The second-order valence-corrected chi connectivity index (χ2v) is 5.72. The topological polar surface area (TPSA) is 47.6 Å². The first-order valence-corrected chi connectivity index (χ1v) is 7.59. The average Bonchev–Trinajstić information content (AvgIpc) is 2.51. The van der Waals surface area contributed by atoms with Crippen molar-refractivity contribution in [1.29, 1.82) is 0 Å². The second kappa shape index (κ2) is 7.31. The molecule has 0 aromatic heterocycles. The largest absolute Gasteiger partial charge is 0.497 e. The number of ether oxygens (including phenoxy) is 2. The van der Waals surface area contributed by atoms with Crippen molar-refractivity contribution in [2.75, 3.05) is 19.5 Å². The van der Waals surface area contributed by atoms with Gasteiger partial charge in [-0.2, -0.15) is 0 Å². The van der Waals surface area contributed by atoms with Crippen LogP contribution in [0, 0.1) is 6.92 Å². The molecule has 5 heteroatoms. The van der Waals surface area contributed by atoms with Gasteiger partial charge in [-0.25, -0.2) is 0 Å². The van der Waals surface area contributed by atoms with Crippen LogP contribution in [0.3, 0.4) is 0 Å². The van der Waals surface area contributed by atoms with E-state index in [1.54, 1.807) is 20.3 Å². The van der Waals surface area contributed by atoms with Gasteiger partial charge in [-0.3, -0.25) is 4.79 Å². The Bertz CT molecular complexity index is 686. The van der Waals surface area contributed by atoms with E-state index in [2.05, 4.69) is 21.2 Å². The summed E-state index contributed by atoms with van der Waals surface area (Å²) in [6.07, 6.45) is 0.238. The van der Waals surface area contributed by atoms with Crippen LogP contribution in [-0.4, -0.2) is 20.1 Å². The van der Waals surface area contributed by atoms with Gasteiger partial charge >= 0.3 is 0 Å². The zero-order valence-electron chi connectivity index (χ0n) is 12.8. The number of aryl methyl sites for hydroxylation is 1. The van der Waals surface area contributed by atoms with Crippen molar-refractivity contribution in [2.45, 2.75) is 13.3 Å². The molecule has 116 valence electrons. The SMILES string of the molecule is COc1ccc(CC(=O)Nc2ccc(Br)c(C)c2)c(OC)c1. The molecule has 4 nitrogen and oxygen atoms in total. The Labute approximate surface area is 138 Å². The lowest BCUT2D eigenvalue weighted by atomic mass is 10.1. The van der Waals surface area contributed by atoms with Crippen LogP contribution in [0.5, 0.6) is 11.5 Å². The number of amides is 1. The molecular weight excluding hydrogens is 346 g/mol. The number of anilines is 1. The number of carbonyl (C=O) groups excluding carboxylic acids is 1. The third-order valence-corrected chi connectivity index (χ3v) is 4.18. The summed E-state index contributed by atoms with van der Waals surface area (Å²) in [5.74, 6) is 1.25. The summed E-state index contributed by atoms with van der Waals surface area (Å²) in [5.41, 5.74) is 2.66. The third kappa shape index (κ3) is 4.01. The fraction of sp³-hybridized carbons (Fsp3) is 0.235. The second-order valence-electron chi connectivity index (χ2n) is 4.87. The Morgan fingerprint density at radius 3 is 2.55 bits per heavy atom. The summed E-state index contributed by atoms with van der Waals surface area (Å²) in [7, 11) is 3.17. The van der Waals surface area contributed by atoms with E-state index in [4.69, 9.17) is 9.47 Å². The van der Waals surface area contributed by atoms with Gasteiger partial charge in [-0.1, -0.05) is 22.0 Å². The number of rotatable bonds is 5. The highest BCUT2D eigenvalue weighted by Gasteiger charge is 2.10. The van der Waals surface area contributed by atoms with Crippen molar-refractivity contribution in [2.24, 2.45) is 0 Å². The number of nitrogens with one attached hydrogen (secondary N) is 1. The Balaban J connectivity index is 2.10. The molecule has 0 saturated heterocycles. The minimum Gasteiger partial charge on any atom is -0.497 e. The van der Waals surface area contributed by atoms with Crippen LogP contribution in [0.2, 0.25) is 0 Å². The van der Waals surface area contributed by atoms with Gasteiger partial charge in [-0.15, -0.1) is 0 Å². The predicted octanol–water partition coefficient (Wildman–Crippen LogP) is 3.96. The molecule has 1 amide bonds. The van der Waals surface area contributed by atoms with Crippen molar-refractivity contribution in [3.63, 3.8) is 0 Å². The van der Waals surface area contributed by atoms with E-state index in [-0.39, 0.29) is 12.3 Å². The molecule has 0 aliphatic carbocycles. The molecule has 0 bridgehead atoms. The third-order valence-electron chi connectivity index (χ3n) is 3.29. The highest BCUT2D eigenvalue weighted by molar-refractivity contribution is 9.10. The molecule has 0 saturated carbocycles. The van der Waals surface area contributed by atoms with Crippen LogP contribution in [0.15, 0.2) is 40.9 Å². The average molecular weight is 364 g/mol. The molecule has 0 radical (unpaired) electrons. The molecular formula is C17H18BrNO3. The highest BCUT2D eigenvalue weighted by Crippen LogP contribution is 2.25. The van der Waals surface area contributed by atoms with Gasteiger partial charge in [0.2, 0.25) is 5.91 Å². The Kier molecular flexibility index (Phi) is 5.44. The molecule has 2 aromatic carbocycles. The number of methoxy groups -OCH3 is 2. The molecule has 0 spiro atoms. The number of carbonyl (C=O) groups is 1. The molecule has 0 atom stereocenters. The summed E-state index contributed by atoms with van der Waals surface area (Å²) in [6.45, 7) is 1.98. The molecule has 0 aliphatic heterocycles. The van der Waals surface area contributed by atoms with E-state index < -0.39 is 0 Å². The summed E-state index contributed by atoms with van der Waals surface area (Å²) in [4.78, 5) is 12.2. The fourth-order valence-electron chi connectivity index (χ4n) is 2.10. The van der Waals surface area contributed by atoms with Crippen LogP contribution < -0.4 is 14.8 Å². The van der Waals surface area contributed by atoms with Crippen molar-refractivity contribution < 1.29 is 14.3 Å². The minimum atomic E-state index is -0.0924. The van der Waals surface area contributed by atoms with Crippen molar-refractivity contribution in [1.82, 2.24) is 0 Å². The first kappa shape index (κ1) is 16.4. The summed E-state index contributed by atoms with van der Waals surface area (Å²) >= 11 is 3.44. The molecule has 22 heavy (non-hydrogen) atoms.